The summed E-state index contributed by atoms with van der Waals surface area (Å²) in [5.74, 6) is 0.395. The van der Waals surface area contributed by atoms with E-state index in [-0.39, 0.29) is 17.3 Å². The van der Waals surface area contributed by atoms with Crippen molar-refractivity contribution in [3.8, 4) is 5.75 Å². The standard InChI is InChI=1S/C20H30NO4/c1-7-25-19(22)15-12-20(4,5)11-10-14(15)18-17(24-6)9-8-16(13(2)3)21(18)23/h8-9,13,23H,7,10-12H2,1-6H3/q+1. The van der Waals surface area contributed by atoms with Gasteiger partial charge in [0.1, 0.15) is 0 Å². The van der Waals surface area contributed by atoms with Crippen LogP contribution in [0.5, 0.6) is 5.75 Å². The third-order valence-corrected chi connectivity index (χ3v) is 4.79. The van der Waals surface area contributed by atoms with Gasteiger partial charge in [-0.3, -0.25) is 5.21 Å². The maximum atomic E-state index is 12.6. The number of nitrogens with zero attached hydrogens (tertiary/aromatic N) is 1. The molecule has 5 nitrogen and oxygen atoms in total. The Labute approximate surface area is 150 Å². The zero-order valence-corrected chi connectivity index (χ0v) is 16.2. The number of esters is 1. The molecule has 1 aromatic rings. The van der Waals surface area contributed by atoms with Crippen molar-refractivity contribution in [2.24, 2.45) is 5.41 Å². The monoisotopic (exact) mass is 348 g/mol. The maximum Gasteiger partial charge on any atom is 0.334 e. The number of hydrogen-bond acceptors (Lipinski definition) is 4. The molecule has 1 aliphatic carbocycles. The Morgan fingerprint density at radius 2 is 2.04 bits per heavy atom. The van der Waals surface area contributed by atoms with Crippen LogP contribution in [0.25, 0.3) is 5.57 Å². The number of methoxy groups -OCH3 is 1. The van der Waals surface area contributed by atoms with Crippen LogP contribution in [0, 0.1) is 5.41 Å². The van der Waals surface area contributed by atoms with Crippen LogP contribution in [-0.2, 0) is 9.53 Å². The highest BCUT2D eigenvalue weighted by molar-refractivity contribution is 5.98. The van der Waals surface area contributed by atoms with Crippen LogP contribution < -0.4 is 9.47 Å². The first-order chi connectivity index (χ1) is 11.7. The van der Waals surface area contributed by atoms with Crippen molar-refractivity contribution in [1.82, 2.24) is 0 Å². The van der Waals surface area contributed by atoms with Crippen LogP contribution in [-0.4, -0.2) is 24.9 Å². The zero-order chi connectivity index (χ0) is 18.8. The fourth-order valence-corrected chi connectivity index (χ4v) is 3.39. The van der Waals surface area contributed by atoms with Gasteiger partial charge in [-0.05, 0) is 37.7 Å². The third-order valence-electron chi connectivity index (χ3n) is 4.79. The quantitative estimate of drug-likeness (QED) is 0.498. The Morgan fingerprint density at radius 3 is 2.60 bits per heavy atom. The lowest BCUT2D eigenvalue weighted by molar-refractivity contribution is -0.911. The molecule has 1 aliphatic rings. The van der Waals surface area contributed by atoms with Gasteiger partial charge < -0.3 is 9.47 Å². The summed E-state index contributed by atoms with van der Waals surface area (Å²) in [6.07, 6.45) is 2.25. The summed E-state index contributed by atoms with van der Waals surface area (Å²) in [7, 11) is 1.57. The van der Waals surface area contributed by atoms with Crippen molar-refractivity contribution in [2.75, 3.05) is 13.7 Å². The van der Waals surface area contributed by atoms with Gasteiger partial charge in [0.2, 0.25) is 5.69 Å². The molecule has 1 aromatic heterocycles. The predicted molar refractivity (Wildman–Crippen MR) is 95.6 cm³/mol. The van der Waals surface area contributed by atoms with Gasteiger partial charge in [-0.15, -0.1) is 0 Å². The van der Waals surface area contributed by atoms with Crippen molar-refractivity contribution < 1.29 is 24.2 Å². The molecule has 0 unspecified atom stereocenters. The Hall–Kier alpha value is -2.04. The molecule has 0 bridgehead atoms. The van der Waals surface area contributed by atoms with E-state index in [0.717, 1.165) is 17.7 Å². The summed E-state index contributed by atoms with van der Waals surface area (Å²) in [4.78, 5) is 12.6. The summed E-state index contributed by atoms with van der Waals surface area (Å²) < 4.78 is 12.0. The lowest BCUT2D eigenvalue weighted by Crippen LogP contribution is -2.41. The Morgan fingerprint density at radius 1 is 1.36 bits per heavy atom. The molecule has 0 spiro atoms. The molecule has 1 heterocycles. The highest BCUT2D eigenvalue weighted by Gasteiger charge is 2.38. The Balaban J connectivity index is 2.70. The van der Waals surface area contributed by atoms with Gasteiger partial charge in [0, 0.05) is 27.9 Å². The minimum atomic E-state index is -0.303. The molecule has 0 saturated heterocycles. The van der Waals surface area contributed by atoms with Crippen molar-refractivity contribution in [1.29, 1.82) is 0 Å². The topological polar surface area (TPSA) is 59.6 Å². The molecular formula is C20H30NO4+. The molecule has 0 amide bonds. The normalized spacial score (nSPS) is 16.9. The molecular weight excluding hydrogens is 318 g/mol. The fourth-order valence-electron chi connectivity index (χ4n) is 3.39. The van der Waals surface area contributed by atoms with Gasteiger partial charge >= 0.3 is 11.7 Å². The summed E-state index contributed by atoms with van der Waals surface area (Å²) >= 11 is 0. The van der Waals surface area contributed by atoms with Crippen molar-refractivity contribution in [3.05, 3.63) is 29.1 Å². The van der Waals surface area contributed by atoms with E-state index in [1.54, 1.807) is 14.0 Å². The first kappa shape index (κ1) is 19.3. The number of rotatable bonds is 5. The second kappa shape index (κ2) is 7.46. The largest absolute Gasteiger partial charge is 0.490 e. The van der Waals surface area contributed by atoms with Crippen LogP contribution in [0.3, 0.4) is 0 Å². The summed E-state index contributed by atoms with van der Waals surface area (Å²) in [6, 6.07) is 3.71. The average Bonchev–Trinajstić information content (AvgIpc) is 2.54. The number of pyridine rings is 1. The average molecular weight is 348 g/mol. The highest BCUT2D eigenvalue weighted by atomic mass is 16.5. The SMILES string of the molecule is CCOC(=O)C1=C(c2c(OC)ccc(C(C)C)[n+]2O)CCC(C)(C)C1. The van der Waals surface area contributed by atoms with Crippen molar-refractivity contribution >= 4 is 11.5 Å². The van der Waals surface area contributed by atoms with Gasteiger partial charge in [-0.2, -0.15) is 0 Å². The minimum Gasteiger partial charge on any atom is -0.490 e. The molecule has 25 heavy (non-hydrogen) atoms. The van der Waals surface area contributed by atoms with Gasteiger partial charge in [-0.1, -0.05) is 27.7 Å². The van der Waals surface area contributed by atoms with Crippen molar-refractivity contribution in [2.45, 2.75) is 59.8 Å². The number of ether oxygens (including phenoxy) is 2. The molecule has 0 atom stereocenters. The van der Waals surface area contributed by atoms with E-state index >= 15 is 0 Å². The molecule has 138 valence electrons. The van der Waals surface area contributed by atoms with Crippen LogP contribution in [0.1, 0.15) is 71.2 Å². The fraction of sp³-hybridized carbons (Fsp3) is 0.600. The second-order valence-electron chi connectivity index (χ2n) is 7.66. The lowest BCUT2D eigenvalue weighted by atomic mass is 9.73. The molecule has 5 heteroatoms. The zero-order valence-electron chi connectivity index (χ0n) is 16.2. The number of carbonyl (C=O) groups excluding carboxylic acids is 1. The number of hydrogen-bond donors (Lipinski definition) is 1. The predicted octanol–water partition coefficient (Wildman–Crippen LogP) is 3.87. The van der Waals surface area contributed by atoms with Gasteiger partial charge in [0.25, 0.3) is 0 Å². The van der Waals surface area contributed by atoms with Crippen LogP contribution >= 0.6 is 0 Å². The van der Waals surface area contributed by atoms with E-state index in [2.05, 4.69) is 13.8 Å². The Kier molecular flexibility index (Phi) is 5.76. The summed E-state index contributed by atoms with van der Waals surface area (Å²) in [5.41, 5.74) is 2.82. The van der Waals surface area contributed by atoms with E-state index in [9.17, 15) is 10.0 Å². The van der Waals surface area contributed by atoms with E-state index in [4.69, 9.17) is 9.47 Å². The lowest BCUT2D eigenvalue weighted by Gasteiger charge is -2.31. The van der Waals surface area contributed by atoms with Crippen LogP contribution in [0.15, 0.2) is 17.7 Å². The molecule has 0 saturated carbocycles. The molecule has 1 N–H and O–H groups in total. The van der Waals surface area contributed by atoms with Crippen molar-refractivity contribution in [3.63, 3.8) is 0 Å². The first-order valence-corrected chi connectivity index (χ1v) is 8.93. The Bertz CT molecular complexity index is 689. The number of aromatic nitrogens is 1. The van der Waals surface area contributed by atoms with E-state index in [1.165, 1.54) is 4.73 Å². The summed E-state index contributed by atoms with van der Waals surface area (Å²) in [6.45, 7) is 10.5. The molecule has 0 radical (unpaired) electrons. The molecule has 0 aliphatic heterocycles. The van der Waals surface area contributed by atoms with Gasteiger partial charge in [-0.25, -0.2) is 4.79 Å². The minimum absolute atomic E-state index is 0.0226. The van der Waals surface area contributed by atoms with Crippen LogP contribution in [0.2, 0.25) is 0 Å². The molecule has 2 rings (SSSR count). The first-order valence-electron chi connectivity index (χ1n) is 8.93. The van der Waals surface area contributed by atoms with Crippen LogP contribution in [0.4, 0.5) is 0 Å². The number of carbonyl (C=O) groups is 1. The maximum absolute atomic E-state index is 12.6. The molecule has 0 fully saturated rings. The van der Waals surface area contributed by atoms with E-state index < -0.39 is 0 Å². The third kappa shape index (κ3) is 3.97. The molecule has 0 aromatic carbocycles. The highest BCUT2D eigenvalue weighted by Crippen LogP contribution is 2.44. The van der Waals surface area contributed by atoms with Gasteiger partial charge in [0.15, 0.2) is 5.75 Å². The second-order valence-corrected chi connectivity index (χ2v) is 7.66. The van der Waals surface area contributed by atoms with Gasteiger partial charge in [0.05, 0.1) is 13.7 Å². The smallest absolute Gasteiger partial charge is 0.334 e. The van der Waals surface area contributed by atoms with E-state index in [0.29, 0.717) is 36.5 Å². The summed E-state index contributed by atoms with van der Waals surface area (Å²) in [5, 5.41) is 10.8. The van der Waals surface area contributed by atoms with E-state index in [1.807, 2.05) is 26.0 Å². The number of allylic oxidation sites excluding steroid dienone is 1.